The molecule has 0 amide bonds. The number of halogens is 6. The summed E-state index contributed by atoms with van der Waals surface area (Å²) in [5.74, 6) is 0. The number of H-pyrrole nitrogens is 1. The van der Waals surface area contributed by atoms with Crippen molar-refractivity contribution in [3.8, 4) is 22.4 Å². The summed E-state index contributed by atoms with van der Waals surface area (Å²) in [6, 6.07) is 4.77. The van der Waals surface area contributed by atoms with Crippen LogP contribution >= 0.6 is 0 Å². The molecule has 0 aliphatic rings. The second kappa shape index (κ2) is 7.21. The van der Waals surface area contributed by atoms with Crippen LogP contribution in [0.15, 0.2) is 47.5 Å². The number of aromatic amines is 1. The van der Waals surface area contributed by atoms with Gasteiger partial charge < -0.3 is 0 Å². The number of rotatable bonds is 2. The fourth-order valence-corrected chi connectivity index (χ4v) is 3.39. The van der Waals surface area contributed by atoms with Gasteiger partial charge in [0.2, 0.25) is 0 Å². The molecule has 3 heterocycles. The summed E-state index contributed by atoms with van der Waals surface area (Å²) in [4.78, 5) is 20.5. The minimum atomic E-state index is -4.71. The Bertz CT molecular complexity index is 1380. The van der Waals surface area contributed by atoms with Crippen LogP contribution in [0.1, 0.15) is 22.4 Å². The lowest BCUT2D eigenvalue weighted by Gasteiger charge is -2.14. The molecule has 0 aliphatic heterocycles. The maximum atomic E-state index is 13.4. The number of aromatic nitrogens is 4. The van der Waals surface area contributed by atoms with E-state index in [1.807, 2.05) is 0 Å². The van der Waals surface area contributed by atoms with Crippen LogP contribution in [-0.2, 0) is 12.4 Å². The van der Waals surface area contributed by atoms with Crippen molar-refractivity contribution in [2.75, 3.05) is 0 Å². The van der Waals surface area contributed by atoms with Gasteiger partial charge in [-0.2, -0.15) is 26.3 Å². The van der Waals surface area contributed by atoms with Crippen molar-refractivity contribution in [2.24, 2.45) is 0 Å². The molecule has 1 aromatic carbocycles. The van der Waals surface area contributed by atoms with Gasteiger partial charge in [-0.25, -0.2) is 9.50 Å². The monoisotopic (exact) mass is 452 g/mol. The van der Waals surface area contributed by atoms with Crippen molar-refractivity contribution in [1.29, 1.82) is 0 Å². The molecule has 3 aromatic heterocycles. The van der Waals surface area contributed by atoms with Crippen LogP contribution in [0.4, 0.5) is 26.3 Å². The van der Waals surface area contributed by atoms with E-state index in [0.29, 0.717) is 17.5 Å². The number of nitrogens with one attached hydrogen (secondary N) is 1. The number of nitrogens with zero attached hydrogens (tertiary/aromatic N) is 3. The average molecular weight is 452 g/mol. The number of pyridine rings is 1. The van der Waals surface area contributed by atoms with Crippen LogP contribution in [0.25, 0.3) is 28.0 Å². The molecule has 1 N–H and O–H groups in total. The highest BCUT2D eigenvalue weighted by Crippen LogP contribution is 2.39. The van der Waals surface area contributed by atoms with Gasteiger partial charge in [0.15, 0.2) is 5.65 Å². The van der Waals surface area contributed by atoms with Gasteiger partial charge in [-0.15, -0.1) is 0 Å². The largest absolute Gasteiger partial charge is 0.417 e. The molecule has 0 aliphatic carbocycles. The average Bonchev–Trinajstić information content (AvgIpc) is 3.05. The molecule has 11 heteroatoms. The molecule has 166 valence electrons. The number of aryl methyl sites for hydroxylation is 2. The summed E-state index contributed by atoms with van der Waals surface area (Å²) in [6.07, 6.45) is -7.36. The summed E-state index contributed by atoms with van der Waals surface area (Å²) in [6.45, 7) is 3.09. The second-order valence-electron chi connectivity index (χ2n) is 7.21. The summed E-state index contributed by atoms with van der Waals surface area (Å²) in [5.41, 5.74) is -1.27. The number of fused-ring (bicyclic) bond motifs is 1. The molecule has 32 heavy (non-hydrogen) atoms. The maximum Gasteiger partial charge on any atom is 0.417 e. The predicted molar refractivity (Wildman–Crippen MR) is 104 cm³/mol. The van der Waals surface area contributed by atoms with Crippen molar-refractivity contribution in [2.45, 2.75) is 26.2 Å². The Morgan fingerprint density at radius 1 is 0.875 bits per heavy atom. The number of hydrogen-bond acceptors (Lipinski definition) is 3. The first-order valence-corrected chi connectivity index (χ1v) is 9.20. The van der Waals surface area contributed by atoms with E-state index in [4.69, 9.17) is 0 Å². The highest BCUT2D eigenvalue weighted by Gasteiger charge is 2.33. The lowest BCUT2D eigenvalue weighted by Crippen LogP contribution is -2.17. The van der Waals surface area contributed by atoms with E-state index in [9.17, 15) is 31.1 Å². The van der Waals surface area contributed by atoms with E-state index in [1.54, 1.807) is 6.92 Å². The SMILES string of the molecule is Cc1[nH]n2c(=O)c(C)cnc2c1-c1cc(C(F)(F)F)cnc1-c1ccc(C(F)(F)F)cc1. The van der Waals surface area contributed by atoms with Crippen molar-refractivity contribution in [3.63, 3.8) is 0 Å². The molecule has 0 saturated heterocycles. The van der Waals surface area contributed by atoms with Crippen molar-refractivity contribution >= 4 is 5.65 Å². The first-order valence-electron chi connectivity index (χ1n) is 9.20. The Hall–Kier alpha value is -3.63. The Kier molecular flexibility index (Phi) is 4.87. The van der Waals surface area contributed by atoms with Gasteiger partial charge in [-0.3, -0.25) is 14.9 Å². The Morgan fingerprint density at radius 2 is 1.50 bits per heavy atom. The van der Waals surface area contributed by atoms with Crippen LogP contribution in [-0.4, -0.2) is 19.6 Å². The van der Waals surface area contributed by atoms with E-state index < -0.39 is 29.0 Å². The molecule has 0 atom stereocenters. The summed E-state index contributed by atoms with van der Waals surface area (Å²) in [7, 11) is 0. The minimum absolute atomic E-state index is 0.0196. The zero-order valence-electron chi connectivity index (χ0n) is 16.6. The number of alkyl halides is 6. The molecule has 0 spiro atoms. The van der Waals surface area contributed by atoms with E-state index in [2.05, 4.69) is 15.1 Å². The van der Waals surface area contributed by atoms with Gasteiger partial charge in [-0.05, 0) is 32.0 Å². The molecule has 4 rings (SSSR count). The molecule has 0 fully saturated rings. The predicted octanol–water partition coefficient (Wildman–Crippen LogP) is 5.41. The smallest absolute Gasteiger partial charge is 0.293 e. The Labute approximate surface area is 176 Å². The lowest BCUT2D eigenvalue weighted by molar-refractivity contribution is -0.138. The molecule has 5 nitrogen and oxygen atoms in total. The van der Waals surface area contributed by atoms with Crippen molar-refractivity contribution in [1.82, 2.24) is 19.6 Å². The van der Waals surface area contributed by atoms with Crippen LogP contribution in [0.3, 0.4) is 0 Å². The molecule has 0 saturated carbocycles. The second-order valence-corrected chi connectivity index (χ2v) is 7.21. The van der Waals surface area contributed by atoms with Crippen LogP contribution < -0.4 is 5.56 Å². The van der Waals surface area contributed by atoms with E-state index >= 15 is 0 Å². The van der Waals surface area contributed by atoms with Gasteiger partial charge in [0.25, 0.3) is 5.56 Å². The topological polar surface area (TPSA) is 63.0 Å². The van der Waals surface area contributed by atoms with Crippen molar-refractivity contribution in [3.05, 3.63) is 75.5 Å². The number of hydrogen-bond donors (Lipinski definition) is 1. The molecule has 0 radical (unpaired) electrons. The van der Waals surface area contributed by atoms with Crippen LogP contribution in [0.5, 0.6) is 0 Å². The molecule has 4 aromatic rings. The molecular formula is C21H14F6N4O. The highest BCUT2D eigenvalue weighted by molar-refractivity contribution is 5.89. The van der Waals surface area contributed by atoms with Crippen LogP contribution in [0, 0.1) is 13.8 Å². The standard InChI is InChI=1S/C21H14F6N4O/c1-10-8-29-18-16(11(2)30-31(18)19(10)32)15-7-14(21(25,26)27)9-28-17(15)12-3-5-13(6-4-12)20(22,23)24/h3-9,30H,1-2H3. The first kappa shape index (κ1) is 21.6. The molecular weight excluding hydrogens is 438 g/mol. The van der Waals surface area contributed by atoms with Gasteiger partial charge >= 0.3 is 12.4 Å². The number of benzene rings is 1. The quantitative estimate of drug-likeness (QED) is 0.414. The third-order valence-corrected chi connectivity index (χ3v) is 4.98. The van der Waals surface area contributed by atoms with Gasteiger partial charge in [-0.1, -0.05) is 12.1 Å². The normalized spacial score (nSPS) is 12.5. The molecule has 0 bridgehead atoms. The molecule has 0 unspecified atom stereocenters. The zero-order valence-corrected chi connectivity index (χ0v) is 16.6. The Balaban J connectivity index is 2.01. The first-order chi connectivity index (χ1) is 14.9. The van der Waals surface area contributed by atoms with Crippen molar-refractivity contribution < 1.29 is 26.3 Å². The van der Waals surface area contributed by atoms with Gasteiger partial charge in [0, 0.05) is 40.3 Å². The third kappa shape index (κ3) is 3.63. The third-order valence-electron chi connectivity index (χ3n) is 4.98. The van der Waals surface area contributed by atoms with E-state index in [0.717, 1.165) is 34.8 Å². The lowest BCUT2D eigenvalue weighted by atomic mass is 9.97. The van der Waals surface area contributed by atoms with Gasteiger partial charge in [0.1, 0.15) is 0 Å². The highest BCUT2D eigenvalue weighted by atomic mass is 19.4. The van der Waals surface area contributed by atoms with Crippen LogP contribution in [0.2, 0.25) is 0 Å². The zero-order chi connectivity index (χ0) is 23.4. The summed E-state index contributed by atoms with van der Waals surface area (Å²) in [5, 5.41) is 2.78. The van der Waals surface area contributed by atoms with E-state index in [1.165, 1.54) is 13.1 Å². The van der Waals surface area contributed by atoms with Gasteiger partial charge in [0.05, 0.1) is 16.8 Å². The summed E-state index contributed by atoms with van der Waals surface area (Å²) < 4.78 is 80.1. The maximum absolute atomic E-state index is 13.4. The van der Waals surface area contributed by atoms with E-state index in [-0.39, 0.29) is 28.0 Å². The fourth-order valence-electron chi connectivity index (χ4n) is 3.39. The summed E-state index contributed by atoms with van der Waals surface area (Å²) >= 11 is 0. The minimum Gasteiger partial charge on any atom is -0.293 e. The fraction of sp³-hybridized carbons (Fsp3) is 0.190. The Morgan fingerprint density at radius 3 is 2.09 bits per heavy atom.